The van der Waals surface area contributed by atoms with Crippen LogP contribution in [0, 0.1) is 6.92 Å². The third kappa shape index (κ3) is 6.24. The maximum absolute atomic E-state index is 13.3. The highest BCUT2D eigenvalue weighted by molar-refractivity contribution is 7.89. The van der Waals surface area contributed by atoms with Crippen LogP contribution in [0.2, 0.25) is 15.1 Å². The smallest absolute Gasteiger partial charge is 0.243 e. The van der Waals surface area contributed by atoms with Crippen LogP contribution in [-0.4, -0.2) is 25.2 Å². The van der Waals surface area contributed by atoms with Gasteiger partial charge in [-0.15, -0.1) is 0 Å². The molecule has 3 aromatic rings. The second-order valence-electron chi connectivity index (χ2n) is 7.17. The number of carbonyl (C=O) groups excluding carboxylic acids is 1. The van der Waals surface area contributed by atoms with Crippen molar-refractivity contribution < 1.29 is 13.2 Å². The first-order chi connectivity index (χ1) is 15.2. The second kappa shape index (κ2) is 10.7. The molecule has 0 heterocycles. The number of amides is 1. The average molecular weight is 512 g/mol. The molecule has 3 rings (SSSR count). The molecular formula is C23H21Cl3N2O3S. The van der Waals surface area contributed by atoms with Crippen molar-refractivity contribution in [2.45, 2.75) is 24.9 Å². The topological polar surface area (TPSA) is 66.5 Å². The maximum Gasteiger partial charge on any atom is 0.243 e. The van der Waals surface area contributed by atoms with Crippen molar-refractivity contribution in [3.63, 3.8) is 0 Å². The Kier molecular flexibility index (Phi) is 8.20. The lowest BCUT2D eigenvalue weighted by Gasteiger charge is -2.23. The summed E-state index contributed by atoms with van der Waals surface area (Å²) in [7, 11) is -3.95. The SMILES string of the molecule is Cc1ccccc1CN(CC(=O)NCc1ccc(Cl)cc1Cl)S(=O)(=O)c1ccc(Cl)cc1. The van der Waals surface area contributed by atoms with Crippen molar-refractivity contribution in [2.24, 2.45) is 0 Å². The van der Waals surface area contributed by atoms with Gasteiger partial charge in [0.15, 0.2) is 0 Å². The fourth-order valence-corrected chi connectivity index (χ4v) is 5.01. The van der Waals surface area contributed by atoms with Gasteiger partial charge in [-0.3, -0.25) is 4.79 Å². The molecule has 0 spiro atoms. The van der Waals surface area contributed by atoms with E-state index in [1.54, 1.807) is 18.2 Å². The first kappa shape index (κ1) is 24.6. The number of hydrogen-bond donors (Lipinski definition) is 1. The molecule has 168 valence electrons. The van der Waals surface area contributed by atoms with Gasteiger partial charge in [0.25, 0.3) is 0 Å². The highest BCUT2D eigenvalue weighted by Crippen LogP contribution is 2.23. The maximum atomic E-state index is 13.3. The van der Waals surface area contributed by atoms with Gasteiger partial charge >= 0.3 is 0 Å². The first-order valence-electron chi connectivity index (χ1n) is 9.67. The zero-order chi connectivity index (χ0) is 23.3. The first-order valence-corrected chi connectivity index (χ1v) is 12.2. The van der Waals surface area contributed by atoms with E-state index in [9.17, 15) is 13.2 Å². The minimum Gasteiger partial charge on any atom is -0.351 e. The lowest BCUT2D eigenvalue weighted by Crippen LogP contribution is -2.40. The Balaban J connectivity index is 1.82. The summed E-state index contributed by atoms with van der Waals surface area (Å²) in [6.45, 7) is 1.73. The molecule has 0 bridgehead atoms. The van der Waals surface area contributed by atoms with Crippen LogP contribution in [0.15, 0.2) is 71.6 Å². The Hall–Kier alpha value is -2.09. The summed E-state index contributed by atoms with van der Waals surface area (Å²) in [4.78, 5) is 12.8. The zero-order valence-electron chi connectivity index (χ0n) is 17.2. The zero-order valence-corrected chi connectivity index (χ0v) is 20.3. The third-order valence-corrected chi connectivity index (χ3v) is 7.52. The fourth-order valence-electron chi connectivity index (χ4n) is 3.03. The number of aryl methyl sites for hydroxylation is 1. The van der Waals surface area contributed by atoms with Crippen molar-refractivity contribution in [2.75, 3.05) is 6.54 Å². The second-order valence-corrected chi connectivity index (χ2v) is 10.4. The molecule has 0 aliphatic heterocycles. The molecule has 1 N–H and O–H groups in total. The van der Waals surface area contributed by atoms with E-state index >= 15 is 0 Å². The van der Waals surface area contributed by atoms with E-state index in [1.165, 1.54) is 24.3 Å². The predicted molar refractivity (Wildman–Crippen MR) is 129 cm³/mol. The van der Waals surface area contributed by atoms with Gasteiger partial charge in [-0.1, -0.05) is 65.1 Å². The molecule has 0 aromatic heterocycles. The van der Waals surface area contributed by atoms with Crippen molar-refractivity contribution in [3.05, 3.63) is 98.5 Å². The van der Waals surface area contributed by atoms with E-state index in [0.29, 0.717) is 20.6 Å². The minimum absolute atomic E-state index is 0.0484. The van der Waals surface area contributed by atoms with Crippen LogP contribution in [-0.2, 0) is 27.9 Å². The molecule has 9 heteroatoms. The van der Waals surface area contributed by atoms with Crippen LogP contribution < -0.4 is 5.32 Å². The number of carbonyl (C=O) groups is 1. The van der Waals surface area contributed by atoms with Crippen molar-refractivity contribution in [3.8, 4) is 0 Å². The lowest BCUT2D eigenvalue weighted by molar-refractivity contribution is -0.121. The molecule has 0 fully saturated rings. The minimum atomic E-state index is -3.95. The normalized spacial score (nSPS) is 11.5. The lowest BCUT2D eigenvalue weighted by atomic mass is 10.1. The number of hydrogen-bond acceptors (Lipinski definition) is 3. The van der Waals surface area contributed by atoms with Crippen molar-refractivity contribution in [1.29, 1.82) is 0 Å². The Bertz CT molecular complexity index is 1220. The third-order valence-electron chi connectivity index (χ3n) is 4.87. The summed E-state index contributed by atoms with van der Waals surface area (Å²) in [5, 5.41) is 4.06. The van der Waals surface area contributed by atoms with E-state index in [1.807, 2.05) is 31.2 Å². The standard InChI is InChI=1S/C23H21Cl3N2O3S/c1-16-4-2-3-5-18(16)14-28(32(30,31)21-10-8-19(24)9-11-21)15-23(29)27-13-17-6-7-20(25)12-22(17)26/h2-12H,13-15H2,1H3,(H,27,29). The van der Waals surface area contributed by atoms with Crippen LogP contribution in [0.5, 0.6) is 0 Å². The Labute approximate surface area is 203 Å². The molecule has 3 aromatic carbocycles. The monoisotopic (exact) mass is 510 g/mol. The molecule has 0 atom stereocenters. The van der Waals surface area contributed by atoms with Crippen molar-refractivity contribution >= 4 is 50.7 Å². The van der Waals surface area contributed by atoms with Crippen molar-refractivity contribution in [1.82, 2.24) is 9.62 Å². The van der Waals surface area contributed by atoms with Gasteiger partial charge in [0.05, 0.1) is 11.4 Å². The molecule has 0 saturated carbocycles. The number of rotatable bonds is 8. The Morgan fingerprint density at radius 2 is 1.56 bits per heavy atom. The highest BCUT2D eigenvalue weighted by atomic mass is 35.5. The van der Waals surface area contributed by atoms with E-state index in [4.69, 9.17) is 34.8 Å². The van der Waals surface area contributed by atoms with E-state index in [-0.39, 0.29) is 24.5 Å². The van der Waals surface area contributed by atoms with Crippen LogP contribution >= 0.6 is 34.8 Å². The summed E-state index contributed by atoms with van der Waals surface area (Å²) in [6.07, 6.45) is 0. The van der Waals surface area contributed by atoms with E-state index in [2.05, 4.69) is 5.32 Å². The largest absolute Gasteiger partial charge is 0.351 e. The summed E-state index contributed by atoms with van der Waals surface area (Å²) in [5.74, 6) is -0.456. The van der Waals surface area contributed by atoms with Crippen LogP contribution in [0.25, 0.3) is 0 Å². The molecule has 0 saturated heterocycles. The van der Waals surface area contributed by atoms with Gasteiger partial charge in [0, 0.05) is 28.2 Å². The quantitative estimate of drug-likeness (QED) is 0.436. The summed E-state index contributed by atoms with van der Waals surface area (Å²) in [6, 6.07) is 18.3. The van der Waals surface area contributed by atoms with E-state index in [0.717, 1.165) is 15.4 Å². The average Bonchev–Trinajstić information content (AvgIpc) is 2.74. The Morgan fingerprint density at radius 1 is 0.906 bits per heavy atom. The molecular weight excluding hydrogens is 491 g/mol. The van der Waals surface area contributed by atoms with Crippen LogP contribution in [0.1, 0.15) is 16.7 Å². The highest BCUT2D eigenvalue weighted by Gasteiger charge is 2.27. The van der Waals surface area contributed by atoms with Gasteiger partial charge in [-0.05, 0) is 60.0 Å². The van der Waals surface area contributed by atoms with Crippen LogP contribution in [0.3, 0.4) is 0 Å². The molecule has 0 unspecified atom stereocenters. The molecule has 0 radical (unpaired) electrons. The number of sulfonamides is 1. The van der Waals surface area contributed by atoms with Gasteiger partial charge in [0.2, 0.25) is 15.9 Å². The molecule has 0 aliphatic rings. The molecule has 0 aliphatic carbocycles. The van der Waals surface area contributed by atoms with Gasteiger partial charge < -0.3 is 5.32 Å². The summed E-state index contributed by atoms with van der Waals surface area (Å²) >= 11 is 18.0. The number of nitrogens with one attached hydrogen (secondary N) is 1. The van der Waals surface area contributed by atoms with Gasteiger partial charge in [-0.2, -0.15) is 4.31 Å². The molecule has 5 nitrogen and oxygen atoms in total. The predicted octanol–water partition coefficient (Wildman–Crippen LogP) is 5.46. The number of nitrogens with zero attached hydrogens (tertiary/aromatic N) is 1. The van der Waals surface area contributed by atoms with Crippen LogP contribution in [0.4, 0.5) is 0 Å². The van der Waals surface area contributed by atoms with Gasteiger partial charge in [-0.25, -0.2) is 8.42 Å². The van der Waals surface area contributed by atoms with Gasteiger partial charge in [0.1, 0.15) is 0 Å². The fraction of sp³-hybridized carbons (Fsp3) is 0.174. The summed E-state index contributed by atoms with van der Waals surface area (Å²) < 4.78 is 27.8. The number of benzene rings is 3. The Morgan fingerprint density at radius 3 is 2.22 bits per heavy atom. The summed E-state index contributed by atoms with van der Waals surface area (Å²) in [5.41, 5.74) is 2.41. The van der Waals surface area contributed by atoms with E-state index < -0.39 is 15.9 Å². The number of halogens is 3. The molecule has 32 heavy (non-hydrogen) atoms. The molecule has 1 amide bonds.